The SMILES string of the molecule is CC(C)(C)OC[C@H](NC(=O)OC(C)(C)C)C(=O)Nc1ncccc1C(=O)O. The highest BCUT2D eigenvalue weighted by Crippen LogP contribution is 2.13. The molecule has 2 amide bonds. The van der Waals surface area contributed by atoms with Gasteiger partial charge in [-0.15, -0.1) is 0 Å². The highest BCUT2D eigenvalue weighted by atomic mass is 16.6. The van der Waals surface area contributed by atoms with E-state index in [4.69, 9.17) is 9.47 Å². The highest BCUT2D eigenvalue weighted by molar-refractivity contribution is 6.01. The van der Waals surface area contributed by atoms with E-state index in [-0.39, 0.29) is 18.0 Å². The van der Waals surface area contributed by atoms with Crippen LogP contribution in [0.5, 0.6) is 0 Å². The molecule has 0 radical (unpaired) electrons. The Labute approximate surface area is 158 Å². The lowest BCUT2D eigenvalue weighted by Crippen LogP contribution is -2.49. The van der Waals surface area contributed by atoms with Crippen LogP contribution in [0, 0.1) is 0 Å². The molecule has 0 saturated carbocycles. The Morgan fingerprint density at radius 1 is 1.15 bits per heavy atom. The van der Waals surface area contributed by atoms with E-state index >= 15 is 0 Å². The van der Waals surface area contributed by atoms with Crippen molar-refractivity contribution >= 4 is 23.8 Å². The van der Waals surface area contributed by atoms with Crippen molar-refractivity contribution in [2.24, 2.45) is 0 Å². The van der Waals surface area contributed by atoms with Crippen LogP contribution in [0.2, 0.25) is 0 Å². The van der Waals surface area contributed by atoms with E-state index in [1.165, 1.54) is 18.3 Å². The molecule has 1 aromatic rings. The van der Waals surface area contributed by atoms with Crippen molar-refractivity contribution in [2.75, 3.05) is 11.9 Å². The number of aromatic nitrogens is 1. The molecular formula is C18H27N3O6. The first-order valence-electron chi connectivity index (χ1n) is 8.41. The summed E-state index contributed by atoms with van der Waals surface area (Å²) in [6, 6.07) is 1.65. The van der Waals surface area contributed by atoms with Crippen LogP contribution in [0.1, 0.15) is 51.9 Å². The summed E-state index contributed by atoms with van der Waals surface area (Å²) in [5.74, 6) is -2.03. The maximum atomic E-state index is 12.6. The number of aromatic carboxylic acids is 1. The number of rotatable bonds is 6. The Bertz CT molecular complexity index is 691. The normalized spacial score (nSPS) is 12.8. The van der Waals surface area contributed by atoms with E-state index in [1.807, 2.05) is 0 Å². The first-order valence-corrected chi connectivity index (χ1v) is 8.41. The molecule has 0 aliphatic rings. The molecule has 1 heterocycles. The van der Waals surface area contributed by atoms with Crippen LogP contribution in [0.25, 0.3) is 0 Å². The molecule has 9 nitrogen and oxygen atoms in total. The molecule has 0 aromatic carbocycles. The van der Waals surface area contributed by atoms with Gasteiger partial charge in [-0.2, -0.15) is 0 Å². The maximum Gasteiger partial charge on any atom is 0.408 e. The minimum absolute atomic E-state index is 0.123. The van der Waals surface area contributed by atoms with Crippen molar-refractivity contribution in [2.45, 2.75) is 58.8 Å². The van der Waals surface area contributed by atoms with Crippen molar-refractivity contribution in [1.82, 2.24) is 10.3 Å². The third-order valence-electron chi connectivity index (χ3n) is 2.97. The number of carbonyl (C=O) groups is 3. The first kappa shape index (κ1) is 22.4. The summed E-state index contributed by atoms with van der Waals surface area (Å²) >= 11 is 0. The standard InChI is InChI=1S/C18H27N3O6/c1-17(2,3)26-10-12(20-16(25)27-18(4,5)6)14(22)21-13-11(15(23)24)8-7-9-19-13/h7-9,12H,10H2,1-6H3,(H,20,25)(H,23,24)(H,19,21,22)/t12-/m0/s1. The third kappa shape index (κ3) is 8.50. The van der Waals surface area contributed by atoms with Gasteiger partial charge in [-0.1, -0.05) is 0 Å². The minimum Gasteiger partial charge on any atom is -0.478 e. The number of hydrogen-bond acceptors (Lipinski definition) is 6. The van der Waals surface area contributed by atoms with Crippen molar-refractivity contribution in [3.63, 3.8) is 0 Å². The molecule has 0 aliphatic heterocycles. The van der Waals surface area contributed by atoms with Crippen LogP contribution in [-0.4, -0.2) is 51.9 Å². The molecule has 1 atom stereocenters. The largest absolute Gasteiger partial charge is 0.478 e. The molecule has 1 aromatic heterocycles. The van der Waals surface area contributed by atoms with Crippen LogP contribution < -0.4 is 10.6 Å². The van der Waals surface area contributed by atoms with E-state index in [0.29, 0.717) is 0 Å². The van der Waals surface area contributed by atoms with E-state index in [9.17, 15) is 19.5 Å². The number of anilines is 1. The Morgan fingerprint density at radius 2 is 1.78 bits per heavy atom. The van der Waals surface area contributed by atoms with Gasteiger partial charge in [0.05, 0.1) is 12.2 Å². The highest BCUT2D eigenvalue weighted by Gasteiger charge is 2.27. The Kier molecular flexibility index (Phi) is 7.29. The van der Waals surface area contributed by atoms with Gasteiger partial charge in [-0.3, -0.25) is 4.79 Å². The van der Waals surface area contributed by atoms with Crippen LogP contribution >= 0.6 is 0 Å². The van der Waals surface area contributed by atoms with E-state index in [1.54, 1.807) is 41.5 Å². The molecule has 9 heteroatoms. The summed E-state index contributed by atoms with van der Waals surface area (Å²) in [5.41, 5.74) is -1.46. The van der Waals surface area contributed by atoms with Gasteiger partial charge < -0.3 is 25.2 Å². The van der Waals surface area contributed by atoms with Crippen LogP contribution in [-0.2, 0) is 14.3 Å². The van der Waals surface area contributed by atoms with Crippen LogP contribution in [0.15, 0.2) is 18.3 Å². The molecule has 0 fully saturated rings. The van der Waals surface area contributed by atoms with Gasteiger partial charge in [0.15, 0.2) is 0 Å². The number of amides is 2. The molecule has 0 unspecified atom stereocenters. The number of pyridine rings is 1. The number of carboxylic acid groups (broad SMARTS) is 1. The van der Waals surface area contributed by atoms with Crippen molar-refractivity contribution in [3.05, 3.63) is 23.9 Å². The number of ether oxygens (including phenoxy) is 2. The molecule has 0 spiro atoms. The molecule has 0 bridgehead atoms. The summed E-state index contributed by atoms with van der Waals surface area (Å²) in [6.07, 6.45) is 0.559. The monoisotopic (exact) mass is 381 g/mol. The zero-order valence-corrected chi connectivity index (χ0v) is 16.5. The smallest absolute Gasteiger partial charge is 0.408 e. The van der Waals surface area contributed by atoms with E-state index in [0.717, 1.165) is 0 Å². The second-order valence-electron chi connectivity index (χ2n) is 7.82. The second kappa shape index (κ2) is 8.81. The second-order valence-corrected chi connectivity index (χ2v) is 7.82. The summed E-state index contributed by atoms with van der Waals surface area (Å²) in [7, 11) is 0. The van der Waals surface area contributed by atoms with Gasteiger partial charge in [-0.05, 0) is 53.7 Å². The number of hydrogen-bond donors (Lipinski definition) is 3. The maximum absolute atomic E-state index is 12.6. The lowest BCUT2D eigenvalue weighted by atomic mass is 10.2. The molecular weight excluding hydrogens is 354 g/mol. The van der Waals surface area contributed by atoms with E-state index in [2.05, 4.69) is 15.6 Å². The summed E-state index contributed by atoms with van der Waals surface area (Å²) in [6.45, 7) is 10.4. The fourth-order valence-electron chi connectivity index (χ4n) is 1.85. The fourth-order valence-corrected chi connectivity index (χ4v) is 1.85. The number of carbonyl (C=O) groups excluding carboxylic acids is 2. The van der Waals surface area contributed by atoms with Crippen LogP contribution in [0.4, 0.5) is 10.6 Å². The molecule has 150 valence electrons. The average Bonchev–Trinajstić information content (AvgIpc) is 2.48. The first-order chi connectivity index (χ1) is 12.3. The Balaban J connectivity index is 2.95. The lowest BCUT2D eigenvalue weighted by Gasteiger charge is -2.26. The summed E-state index contributed by atoms with van der Waals surface area (Å²) in [4.78, 5) is 39.8. The van der Waals surface area contributed by atoms with Gasteiger partial charge in [-0.25, -0.2) is 14.6 Å². The number of alkyl carbamates (subject to hydrolysis) is 1. The molecule has 27 heavy (non-hydrogen) atoms. The van der Waals surface area contributed by atoms with Gasteiger partial charge >= 0.3 is 12.1 Å². The summed E-state index contributed by atoms with van der Waals surface area (Å²) in [5, 5.41) is 14.1. The molecule has 1 rings (SSSR count). The van der Waals surface area contributed by atoms with Gasteiger partial charge in [0.2, 0.25) is 0 Å². The zero-order chi connectivity index (χ0) is 20.8. The third-order valence-corrected chi connectivity index (χ3v) is 2.97. The Hall–Kier alpha value is -2.68. The summed E-state index contributed by atoms with van der Waals surface area (Å²) < 4.78 is 10.8. The van der Waals surface area contributed by atoms with Crippen molar-refractivity contribution < 1.29 is 29.0 Å². The molecule has 0 aliphatic carbocycles. The van der Waals surface area contributed by atoms with Crippen LogP contribution in [0.3, 0.4) is 0 Å². The number of nitrogens with one attached hydrogen (secondary N) is 2. The Morgan fingerprint density at radius 3 is 2.30 bits per heavy atom. The lowest BCUT2D eigenvalue weighted by molar-refractivity contribution is -0.121. The van der Waals surface area contributed by atoms with Gasteiger partial charge in [0.1, 0.15) is 23.0 Å². The van der Waals surface area contributed by atoms with Gasteiger partial charge in [0.25, 0.3) is 5.91 Å². The zero-order valence-electron chi connectivity index (χ0n) is 16.5. The van der Waals surface area contributed by atoms with Crippen molar-refractivity contribution in [1.29, 1.82) is 0 Å². The predicted octanol–water partition coefficient (Wildman–Crippen LogP) is 2.43. The predicted molar refractivity (Wildman–Crippen MR) is 98.7 cm³/mol. The topological polar surface area (TPSA) is 127 Å². The minimum atomic E-state index is -1.24. The van der Waals surface area contributed by atoms with Crippen molar-refractivity contribution in [3.8, 4) is 0 Å². The quantitative estimate of drug-likeness (QED) is 0.690. The van der Waals surface area contributed by atoms with Gasteiger partial charge in [0, 0.05) is 6.20 Å². The number of carboxylic acids is 1. The number of nitrogens with zero attached hydrogens (tertiary/aromatic N) is 1. The van der Waals surface area contributed by atoms with E-state index < -0.39 is 35.2 Å². The molecule has 3 N–H and O–H groups in total. The fraction of sp³-hybridized carbons (Fsp3) is 0.556. The molecule has 0 saturated heterocycles. The average molecular weight is 381 g/mol.